The molecule has 4 nitrogen and oxygen atoms in total. The Kier molecular flexibility index (Phi) is 7.19. The normalized spacial score (nSPS) is 12.2. The summed E-state index contributed by atoms with van der Waals surface area (Å²) in [5, 5.41) is 12.6. The van der Waals surface area contributed by atoms with Crippen molar-refractivity contribution in [2.45, 2.75) is 0 Å². The summed E-state index contributed by atoms with van der Waals surface area (Å²) in [4.78, 5) is 0. The zero-order chi connectivity index (χ0) is 43.0. The van der Waals surface area contributed by atoms with Gasteiger partial charge in [-0.1, -0.05) is 121 Å². The predicted octanol–water partition coefficient (Wildman–Crippen LogP) is 16.3. The standard InChI is InChI=1S/C62H38N4/c1-3-15-43(16-4-1)63-53-22-10-8-20-48(53)51-37-45(29-32-57(51)63)65-55-24-12-7-19-47(55)50-35-40(28-31-56(50)65)42-34-41-27-26-39-14-13-25-59-61(39)62(41)60(36-42)66(59)46-30-33-58-52(38-46)49-21-9-11-23-54(49)64(58)44-17-5-2-6-18-44/h1-38H. The summed E-state index contributed by atoms with van der Waals surface area (Å²) in [6.45, 7) is 0. The van der Waals surface area contributed by atoms with Gasteiger partial charge in [0.1, 0.15) is 0 Å². The Hall–Kier alpha value is -8.86. The molecule has 0 unspecified atom stereocenters. The van der Waals surface area contributed by atoms with Crippen molar-refractivity contribution in [3.63, 3.8) is 0 Å². The van der Waals surface area contributed by atoms with E-state index in [1.54, 1.807) is 0 Å². The molecule has 0 aliphatic rings. The molecule has 0 aliphatic heterocycles. The van der Waals surface area contributed by atoms with Crippen LogP contribution in [0.3, 0.4) is 0 Å². The molecule has 4 aromatic heterocycles. The van der Waals surface area contributed by atoms with E-state index in [1.807, 2.05) is 0 Å². The molecule has 0 bridgehead atoms. The molecule has 0 radical (unpaired) electrons. The summed E-state index contributed by atoms with van der Waals surface area (Å²) in [6, 6.07) is 85.0. The fourth-order valence-corrected chi connectivity index (χ4v) is 11.5. The first-order chi connectivity index (χ1) is 32.7. The molecule has 15 aromatic rings. The van der Waals surface area contributed by atoms with Crippen LogP contribution in [0, 0.1) is 0 Å². The number of hydrogen-bond donors (Lipinski definition) is 0. The summed E-state index contributed by atoms with van der Waals surface area (Å²) in [5.74, 6) is 0. The van der Waals surface area contributed by atoms with Gasteiger partial charge in [0.15, 0.2) is 0 Å². The van der Waals surface area contributed by atoms with Crippen molar-refractivity contribution in [3.8, 4) is 33.9 Å². The van der Waals surface area contributed by atoms with Gasteiger partial charge in [0.25, 0.3) is 0 Å². The fourth-order valence-electron chi connectivity index (χ4n) is 11.5. The van der Waals surface area contributed by atoms with Crippen LogP contribution in [0.2, 0.25) is 0 Å². The highest BCUT2D eigenvalue weighted by molar-refractivity contribution is 6.25. The van der Waals surface area contributed by atoms with Crippen LogP contribution < -0.4 is 0 Å². The van der Waals surface area contributed by atoms with E-state index in [1.165, 1.54) is 109 Å². The Morgan fingerprint density at radius 3 is 1.20 bits per heavy atom. The molecule has 0 aliphatic carbocycles. The molecule has 4 heterocycles. The number of hydrogen-bond acceptors (Lipinski definition) is 0. The Bertz CT molecular complexity index is 4450. The van der Waals surface area contributed by atoms with Gasteiger partial charge in [-0.3, -0.25) is 0 Å². The van der Waals surface area contributed by atoms with Gasteiger partial charge < -0.3 is 18.3 Å². The van der Waals surface area contributed by atoms with Crippen molar-refractivity contribution >= 4 is 98.0 Å². The fraction of sp³-hybridized carbons (Fsp3) is 0. The summed E-state index contributed by atoms with van der Waals surface area (Å²) in [5.41, 5.74) is 16.7. The van der Waals surface area contributed by atoms with E-state index in [2.05, 4.69) is 249 Å². The van der Waals surface area contributed by atoms with Crippen molar-refractivity contribution in [1.29, 1.82) is 0 Å². The van der Waals surface area contributed by atoms with E-state index in [9.17, 15) is 0 Å². The molecule has 0 fully saturated rings. The molecule has 306 valence electrons. The third kappa shape index (κ3) is 4.87. The van der Waals surface area contributed by atoms with E-state index in [-0.39, 0.29) is 0 Å². The van der Waals surface area contributed by atoms with Crippen molar-refractivity contribution in [2.75, 3.05) is 0 Å². The maximum absolute atomic E-state index is 2.50. The smallest absolute Gasteiger partial charge is 0.0553 e. The number of para-hydroxylation sites is 5. The van der Waals surface area contributed by atoms with Gasteiger partial charge in [0.2, 0.25) is 0 Å². The first-order valence-corrected chi connectivity index (χ1v) is 22.8. The Labute approximate surface area is 379 Å². The Morgan fingerprint density at radius 1 is 0.197 bits per heavy atom. The first-order valence-electron chi connectivity index (χ1n) is 22.8. The minimum Gasteiger partial charge on any atom is -0.309 e. The summed E-state index contributed by atoms with van der Waals surface area (Å²) >= 11 is 0. The number of rotatable bonds is 5. The lowest BCUT2D eigenvalue weighted by Crippen LogP contribution is -1.96. The number of aromatic nitrogens is 4. The average Bonchev–Trinajstić information content (AvgIpc) is 4.11. The van der Waals surface area contributed by atoms with Crippen LogP contribution in [-0.4, -0.2) is 18.3 Å². The highest BCUT2D eigenvalue weighted by Crippen LogP contribution is 2.44. The molecule has 0 saturated carbocycles. The lowest BCUT2D eigenvalue weighted by atomic mass is 9.96. The third-order valence-corrected chi connectivity index (χ3v) is 14.3. The summed E-state index contributed by atoms with van der Waals surface area (Å²) < 4.78 is 9.72. The highest BCUT2D eigenvalue weighted by atomic mass is 15.0. The third-order valence-electron chi connectivity index (χ3n) is 14.3. The molecule has 0 amide bonds. The van der Waals surface area contributed by atoms with Crippen LogP contribution in [0.4, 0.5) is 0 Å². The van der Waals surface area contributed by atoms with Gasteiger partial charge in [0, 0.05) is 65.8 Å². The number of benzene rings is 11. The second-order valence-electron chi connectivity index (χ2n) is 17.7. The number of nitrogens with zero attached hydrogens (tertiary/aromatic N) is 4. The zero-order valence-electron chi connectivity index (χ0n) is 35.7. The van der Waals surface area contributed by atoms with Gasteiger partial charge in [-0.25, -0.2) is 0 Å². The van der Waals surface area contributed by atoms with Gasteiger partial charge in [-0.05, 0) is 131 Å². The van der Waals surface area contributed by atoms with Crippen molar-refractivity contribution < 1.29 is 0 Å². The maximum atomic E-state index is 2.50. The quantitative estimate of drug-likeness (QED) is 0.154. The summed E-state index contributed by atoms with van der Waals surface area (Å²) in [6.07, 6.45) is 0. The van der Waals surface area contributed by atoms with Crippen molar-refractivity contribution in [3.05, 3.63) is 231 Å². The Morgan fingerprint density at radius 2 is 0.621 bits per heavy atom. The molecule has 0 spiro atoms. The van der Waals surface area contributed by atoms with E-state index < -0.39 is 0 Å². The average molecular weight is 839 g/mol. The monoisotopic (exact) mass is 838 g/mol. The van der Waals surface area contributed by atoms with Crippen LogP contribution in [0.25, 0.3) is 132 Å². The molecule has 11 aromatic carbocycles. The van der Waals surface area contributed by atoms with E-state index in [0.29, 0.717) is 0 Å². The van der Waals surface area contributed by atoms with Crippen LogP contribution in [0.1, 0.15) is 0 Å². The molecule has 66 heavy (non-hydrogen) atoms. The zero-order valence-corrected chi connectivity index (χ0v) is 35.7. The van der Waals surface area contributed by atoms with Crippen LogP contribution >= 0.6 is 0 Å². The van der Waals surface area contributed by atoms with Crippen LogP contribution in [0.5, 0.6) is 0 Å². The van der Waals surface area contributed by atoms with Gasteiger partial charge in [0.05, 0.1) is 44.1 Å². The second kappa shape index (κ2) is 13.3. The van der Waals surface area contributed by atoms with Gasteiger partial charge >= 0.3 is 0 Å². The van der Waals surface area contributed by atoms with Crippen molar-refractivity contribution in [2.24, 2.45) is 0 Å². The molecular formula is C62H38N4. The lowest BCUT2D eigenvalue weighted by Gasteiger charge is -2.12. The largest absolute Gasteiger partial charge is 0.309 e. The Balaban J connectivity index is 0.929. The molecular weight excluding hydrogens is 801 g/mol. The van der Waals surface area contributed by atoms with E-state index in [4.69, 9.17) is 0 Å². The highest BCUT2D eigenvalue weighted by Gasteiger charge is 2.22. The summed E-state index contributed by atoms with van der Waals surface area (Å²) in [7, 11) is 0. The molecule has 0 atom stereocenters. The molecule has 4 heteroatoms. The maximum Gasteiger partial charge on any atom is 0.0553 e. The number of fused-ring (bicyclic) bond motifs is 9. The van der Waals surface area contributed by atoms with E-state index >= 15 is 0 Å². The topological polar surface area (TPSA) is 19.7 Å². The first kappa shape index (κ1) is 35.6. The SMILES string of the molecule is c1ccc(-n2c3ccccc3c3cc(-n4c5ccccc5c5cc(-c6cc7ccc8cccc9c8c7c(c6)n9-c6ccc7c(c6)c6ccccc6n7-c6ccccc6)ccc54)ccc32)cc1. The van der Waals surface area contributed by atoms with Crippen molar-refractivity contribution in [1.82, 2.24) is 18.3 Å². The van der Waals surface area contributed by atoms with Crippen LogP contribution in [-0.2, 0) is 0 Å². The predicted molar refractivity (Wildman–Crippen MR) is 278 cm³/mol. The van der Waals surface area contributed by atoms with Gasteiger partial charge in [-0.2, -0.15) is 0 Å². The van der Waals surface area contributed by atoms with Gasteiger partial charge in [-0.15, -0.1) is 0 Å². The van der Waals surface area contributed by atoms with Crippen LogP contribution in [0.15, 0.2) is 231 Å². The lowest BCUT2D eigenvalue weighted by molar-refractivity contribution is 1.16. The molecule has 15 rings (SSSR count). The van der Waals surface area contributed by atoms with E-state index in [0.717, 1.165) is 22.7 Å². The minimum atomic E-state index is 1.15. The molecule has 0 N–H and O–H groups in total. The second-order valence-corrected chi connectivity index (χ2v) is 17.7. The minimum absolute atomic E-state index is 1.15. The molecule has 0 saturated heterocycles.